The van der Waals surface area contributed by atoms with E-state index in [2.05, 4.69) is 33.6 Å². The average molecular weight is 494 g/mol. The van der Waals surface area contributed by atoms with Gasteiger partial charge in [-0.2, -0.15) is 12.6 Å². The van der Waals surface area contributed by atoms with Crippen molar-refractivity contribution >= 4 is 48.2 Å². The van der Waals surface area contributed by atoms with Crippen LogP contribution in [0.2, 0.25) is 0 Å². The van der Waals surface area contributed by atoms with E-state index in [1.165, 1.54) is 0 Å². The van der Waals surface area contributed by atoms with Crippen LogP contribution in [0.3, 0.4) is 0 Å². The van der Waals surface area contributed by atoms with Crippen molar-refractivity contribution in [1.82, 2.24) is 16.0 Å². The molecule has 0 saturated carbocycles. The number of carbonyl (C=O) groups is 5. The minimum Gasteiger partial charge on any atom is -0.481 e. The second-order valence-corrected chi connectivity index (χ2v) is 7.24. The highest BCUT2D eigenvalue weighted by Crippen LogP contribution is 2.01. The SMILES string of the molecule is NC(N)=NCCCC(NC(=O)C(CO)NC(=O)C(CS)NC(=O)C(N)CCC(=O)O)C(=O)O. The number of carboxylic acid groups (broad SMARTS) is 2. The number of hydrogen-bond acceptors (Lipinski definition) is 9. The molecule has 0 fully saturated rings. The summed E-state index contributed by atoms with van der Waals surface area (Å²) >= 11 is 3.95. The molecule has 0 aliphatic rings. The van der Waals surface area contributed by atoms with Crippen LogP contribution < -0.4 is 33.2 Å². The molecule has 0 aromatic heterocycles. The standard InChI is InChI=1S/C17H31N7O8S/c18-8(3-4-12(26)27)13(28)24-11(7-33)15(30)23-10(6-25)14(29)22-9(16(31)32)2-1-5-21-17(19)20/h8-11,25,33H,1-7,18H2,(H,22,29)(H,23,30)(H,24,28)(H,26,27)(H,31,32)(H4,19,20,21). The highest BCUT2D eigenvalue weighted by molar-refractivity contribution is 7.80. The maximum Gasteiger partial charge on any atom is 0.326 e. The molecule has 0 bridgehead atoms. The molecule has 188 valence electrons. The normalized spacial score (nSPS) is 14.2. The van der Waals surface area contributed by atoms with Gasteiger partial charge in [-0.25, -0.2) is 4.79 Å². The first-order chi connectivity index (χ1) is 15.4. The number of amides is 3. The van der Waals surface area contributed by atoms with E-state index in [9.17, 15) is 34.2 Å². The van der Waals surface area contributed by atoms with E-state index in [0.717, 1.165) is 0 Å². The van der Waals surface area contributed by atoms with Gasteiger partial charge in [0.25, 0.3) is 0 Å². The zero-order valence-corrected chi connectivity index (χ0v) is 18.7. The summed E-state index contributed by atoms with van der Waals surface area (Å²) < 4.78 is 0. The van der Waals surface area contributed by atoms with Crippen molar-refractivity contribution in [2.45, 2.75) is 49.9 Å². The minimum atomic E-state index is -1.52. The van der Waals surface area contributed by atoms with Gasteiger partial charge in [0, 0.05) is 18.7 Å². The van der Waals surface area contributed by atoms with Crippen LogP contribution in [0, 0.1) is 0 Å². The molecule has 12 N–H and O–H groups in total. The molecular weight excluding hydrogens is 462 g/mol. The number of thiol groups is 1. The van der Waals surface area contributed by atoms with Crippen LogP contribution in [0.25, 0.3) is 0 Å². The monoisotopic (exact) mass is 493 g/mol. The number of aliphatic hydroxyl groups excluding tert-OH is 1. The Morgan fingerprint density at radius 1 is 0.879 bits per heavy atom. The maximum atomic E-state index is 12.4. The average Bonchev–Trinajstić information content (AvgIpc) is 2.74. The van der Waals surface area contributed by atoms with Crippen molar-refractivity contribution in [3.05, 3.63) is 0 Å². The van der Waals surface area contributed by atoms with Gasteiger partial charge in [-0.15, -0.1) is 0 Å². The van der Waals surface area contributed by atoms with Crippen LogP contribution in [0.1, 0.15) is 25.7 Å². The van der Waals surface area contributed by atoms with E-state index in [4.69, 9.17) is 22.3 Å². The Balaban J connectivity index is 4.94. The quantitative estimate of drug-likeness (QED) is 0.0425. The zero-order chi connectivity index (χ0) is 25.6. The smallest absolute Gasteiger partial charge is 0.326 e. The van der Waals surface area contributed by atoms with Crippen LogP contribution in [0.4, 0.5) is 0 Å². The Morgan fingerprint density at radius 3 is 1.91 bits per heavy atom. The van der Waals surface area contributed by atoms with Crippen molar-refractivity contribution in [2.24, 2.45) is 22.2 Å². The summed E-state index contributed by atoms with van der Waals surface area (Å²) in [7, 11) is 0. The second kappa shape index (κ2) is 15.7. The summed E-state index contributed by atoms with van der Waals surface area (Å²) in [6.45, 7) is -0.719. The Hall–Kier alpha value is -3.11. The lowest BCUT2D eigenvalue weighted by molar-refractivity contribution is -0.143. The Bertz CT molecular complexity index is 732. The number of hydrogen-bond donors (Lipinski definition) is 10. The fraction of sp³-hybridized carbons (Fsp3) is 0.647. The predicted octanol–water partition coefficient (Wildman–Crippen LogP) is -4.31. The van der Waals surface area contributed by atoms with E-state index in [1.54, 1.807) is 0 Å². The molecule has 0 rings (SSSR count). The largest absolute Gasteiger partial charge is 0.481 e. The fourth-order valence-electron chi connectivity index (χ4n) is 2.38. The molecule has 15 nitrogen and oxygen atoms in total. The van der Waals surface area contributed by atoms with Crippen LogP contribution in [-0.4, -0.2) is 94.0 Å². The van der Waals surface area contributed by atoms with Crippen LogP contribution in [0.5, 0.6) is 0 Å². The van der Waals surface area contributed by atoms with Crippen molar-refractivity contribution in [3.63, 3.8) is 0 Å². The fourth-order valence-corrected chi connectivity index (χ4v) is 2.64. The highest BCUT2D eigenvalue weighted by Gasteiger charge is 2.29. The molecule has 0 heterocycles. The number of nitrogens with one attached hydrogen (secondary N) is 3. The number of carboxylic acids is 2. The molecule has 0 aliphatic carbocycles. The Kier molecular flexibility index (Phi) is 14.2. The third-order valence-corrected chi connectivity index (χ3v) is 4.56. The van der Waals surface area contributed by atoms with Crippen molar-refractivity contribution in [3.8, 4) is 0 Å². The van der Waals surface area contributed by atoms with Gasteiger partial charge >= 0.3 is 11.9 Å². The van der Waals surface area contributed by atoms with Gasteiger partial charge in [0.1, 0.15) is 18.1 Å². The van der Waals surface area contributed by atoms with Gasteiger partial charge in [-0.05, 0) is 19.3 Å². The first-order valence-electron chi connectivity index (χ1n) is 9.81. The lowest BCUT2D eigenvalue weighted by Crippen LogP contribution is -2.58. The van der Waals surface area contributed by atoms with Gasteiger partial charge in [-0.3, -0.25) is 24.2 Å². The van der Waals surface area contributed by atoms with Crippen molar-refractivity contribution in [1.29, 1.82) is 0 Å². The molecule has 4 unspecified atom stereocenters. The number of aliphatic hydroxyl groups is 1. The number of guanidine groups is 1. The number of aliphatic imine (C=N–C) groups is 1. The summed E-state index contributed by atoms with van der Waals surface area (Å²) in [4.78, 5) is 62.5. The van der Waals surface area contributed by atoms with E-state index < -0.39 is 60.4 Å². The van der Waals surface area contributed by atoms with E-state index >= 15 is 0 Å². The van der Waals surface area contributed by atoms with Crippen molar-refractivity contribution in [2.75, 3.05) is 18.9 Å². The minimum absolute atomic E-state index is 0.0203. The van der Waals surface area contributed by atoms with Crippen LogP contribution >= 0.6 is 12.6 Å². The number of nitrogens with zero attached hydrogens (tertiary/aromatic N) is 1. The van der Waals surface area contributed by atoms with Gasteiger partial charge in [0.05, 0.1) is 12.6 Å². The van der Waals surface area contributed by atoms with E-state index in [-0.39, 0.29) is 43.9 Å². The lowest BCUT2D eigenvalue weighted by atomic mass is 10.1. The number of rotatable bonds is 16. The summed E-state index contributed by atoms with van der Waals surface area (Å²) in [5, 5.41) is 34.0. The molecule has 0 aliphatic heterocycles. The lowest BCUT2D eigenvalue weighted by Gasteiger charge is -2.23. The molecule has 4 atom stereocenters. The molecule has 0 aromatic carbocycles. The predicted molar refractivity (Wildman–Crippen MR) is 119 cm³/mol. The molecule has 0 spiro atoms. The number of nitrogens with two attached hydrogens (primary N) is 3. The second-order valence-electron chi connectivity index (χ2n) is 6.87. The van der Waals surface area contributed by atoms with Gasteiger partial charge < -0.3 is 48.5 Å². The van der Waals surface area contributed by atoms with Gasteiger partial charge in [-0.1, -0.05) is 0 Å². The van der Waals surface area contributed by atoms with Crippen LogP contribution in [-0.2, 0) is 24.0 Å². The van der Waals surface area contributed by atoms with Crippen LogP contribution in [0.15, 0.2) is 4.99 Å². The van der Waals surface area contributed by atoms with E-state index in [1.807, 2.05) is 0 Å². The first kappa shape index (κ1) is 29.9. The topological polar surface area (TPSA) is 273 Å². The number of carbonyl (C=O) groups excluding carboxylic acids is 3. The molecule has 33 heavy (non-hydrogen) atoms. The molecule has 3 amide bonds. The van der Waals surface area contributed by atoms with Gasteiger partial charge in [0.2, 0.25) is 17.7 Å². The third-order valence-electron chi connectivity index (χ3n) is 4.20. The molecule has 0 saturated heterocycles. The molecule has 0 radical (unpaired) electrons. The van der Waals surface area contributed by atoms with Crippen molar-refractivity contribution < 1.29 is 39.3 Å². The van der Waals surface area contributed by atoms with E-state index in [0.29, 0.717) is 0 Å². The first-order valence-corrected chi connectivity index (χ1v) is 10.4. The highest BCUT2D eigenvalue weighted by atomic mass is 32.1. The number of aliphatic carboxylic acids is 2. The molecule has 0 aromatic rings. The zero-order valence-electron chi connectivity index (χ0n) is 17.8. The van der Waals surface area contributed by atoms with Gasteiger partial charge in [0.15, 0.2) is 5.96 Å². The summed E-state index contributed by atoms with van der Waals surface area (Å²) in [6, 6.07) is -5.29. The molecular formula is C17H31N7O8S. The Labute approximate surface area is 194 Å². The third kappa shape index (κ3) is 12.5. The Morgan fingerprint density at radius 2 is 1.42 bits per heavy atom. The summed E-state index contributed by atoms with van der Waals surface area (Å²) in [5.41, 5.74) is 15.9. The summed E-state index contributed by atoms with van der Waals surface area (Å²) in [6.07, 6.45) is -0.298. The maximum absolute atomic E-state index is 12.4. The molecule has 16 heteroatoms. The summed E-state index contributed by atoms with van der Waals surface area (Å²) in [5.74, 6) is -5.52.